The first-order valence-electron chi connectivity index (χ1n) is 5.56. The van der Waals surface area contributed by atoms with Crippen LogP contribution in [0.15, 0.2) is 11.4 Å². The molecule has 2 heterocycles. The first-order valence-corrected chi connectivity index (χ1v) is 6.44. The average molecular weight is 278 g/mol. The Kier molecular flexibility index (Phi) is 3.91. The zero-order chi connectivity index (χ0) is 13.2. The lowest BCUT2D eigenvalue weighted by atomic mass is 10.3. The minimum absolute atomic E-state index is 0.395. The lowest BCUT2D eigenvalue weighted by molar-refractivity contribution is -0.146. The van der Waals surface area contributed by atoms with Crippen molar-refractivity contribution in [2.24, 2.45) is 0 Å². The largest absolute Gasteiger partial charge is 0.401 e. The zero-order valence-corrected chi connectivity index (χ0v) is 10.4. The second kappa shape index (κ2) is 5.27. The average Bonchev–Trinajstić information content (AvgIpc) is 2.76. The molecular formula is C11H13F3N2OS. The number of hydrogen-bond donors (Lipinski definition) is 0. The van der Waals surface area contributed by atoms with Crippen LogP contribution in [0.25, 0.3) is 0 Å². The predicted octanol–water partition coefficient (Wildman–Crippen LogP) is 2.24. The van der Waals surface area contributed by atoms with E-state index in [0.29, 0.717) is 31.1 Å². The van der Waals surface area contributed by atoms with Gasteiger partial charge >= 0.3 is 6.18 Å². The molecule has 0 aromatic carbocycles. The number of piperazine rings is 1. The van der Waals surface area contributed by atoms with Gasteiger partial charge in [-0.25, -0.2) is 0 Å². The molecule has 1 aliphatic heterocycles. The highest BCUT2D eigenvalue weighted by Gasteiger charge is 2.32. The SMILES string of the molecule is O=Cc1cc(N2CCN(CC(F)(F)F)CC2)cs1. The Bertz CT molecular complexity index is 411. The van der Waals surface area contributed by atoms with Crippen LogP contribution < -0.4 is 4.90 Å². The normalized spacial score (nSPS) is 18.1. The Morgan fingerprint density at radius 2 is 1.94 bits per heavy atom. The Hall–Kier alpha value is -1.08. The Balaban J connectivity index is 1.88. The van der Waals surface area contributed by atoms with E-state index in [1.54, 1.807) is 6.07 Å². The highest BCUT2D eigenvalue weighted by molar-refractivity contribution is 7.12. The first kappa shape index (κ1) is 13.4. The summed E-state index contributed by atoms with van der Waals surface area (Å²) >= 11 is 1.35. The van der Waals surface area contributed by atoms with Crippen LogP contribution in [0, 0.1) is 0 Å². The molecule has 0 aliphatic carbocycles. The summed E-state index contributed by atoms with van der Waals surface area (Å²) in [4.78, 5) is 14.6. The molecule has 1 aliphatic rings. The Morgan fingerprint density at radius 1 is 1.28 bits per heavy atom. The standard InChI is InChI=1S/C11H13F3N2OS/c12-11(13,14)8-15-1-3-16(4-2-15)9-5-10(6-17)18-7-9/h5-7H,1-4,8H2. The summed E-state index contributed by atoms with van der Waals surface area (Å²) in [6.07, 6.45) is -3.34. The second-order valence-corrected chi connectivity index (χ2v) is 5.15. The van der Waals surface area contributed by atoms with Crippen LogP contribution in [0.2, 0.25) is 0 Å². The minimum Gasteiger partial charge on any atom is -0.368 e. The van der Waals surface area contributed by atoms with Crippen LogP contribution in [-0.4, -0.2) is 50.1 Å². The number of rotatable bonds is 3. The van der Waals surface area contributed by atoms with Gasteiger partial charge in [0, 0.05) is 37.2 Å². The minimum atomic E-state index is -4.13. The lowest BCUT2D eigenvalue weighted by Crippen LogP contribution is -2.49. The van der Waals surface area contributed by atoms with Crippen molar-refractivity contribution in [2.45, 2.75) is 6.18 Å². The third-order valence-corrected chi connectivity index (χ3v) is 3.71. The quantitative estimate of drug-likeness (QED) is 0.792. The number of carbonyl (C=O) groups excluding carboxylic acids is 1. The van der Waals surface area contributed by atoms with Crippen LogP contribution in [-0.2, 0) is 0 Å². The summed E-state index contributed by atoms with van der Waals surface area (Å²) in [5.74, 6) is 0. The van der Waals surface area contributed by atoms with E-state index in [1.165, 1.54) is 16.2 Å². The van der Waals surface area contributed by atoms with Gasteiger partial charge in [0.25, 0.3) is 0 Å². The predicted molar refractivity (Wildman–Crippen MR) is 64.4 cm³/mol. The van der Waals surface area contributed by atoms with E-state index in [1.807, 2.05) is 10.3 Å². The third-order valence-electron chi connectivity index (χ3n) is 2.86. The van der Waals surface area contributed by atoms with Crippen molar-refractivity contribution < 1.29 is 18.0 Å². The number of halogens is 3. The molecule has 2 rings (SSSR count). The molecule has 1 aromatic heterocycles. The fourth-order valence-electron chi connectivity index (χ4n) is 1.99. The van der Waals surface area contributed by atoms with Crippen LogP contribution in [0.3, 0.4) is 0 Å². The van der Waals surface area contributed by atoms with E-state index in [0.717, 1.165) is 12.0 Å². The van der Waals surface area contributed by atoms with Gasteiger partial charge in [0.05, 0.1) is 11.4 Å². The van der Waals surface area contributed by atoms with Crippen molar-refractivity contribution in [3.05, 3.63) is 16.3 Å². The molecule has 1 aromatic rings. The molecule has 0 amide bonds. The summed E-state index contributed by atoms with van der Waals surface area (Å²) < 4.78 is 36.7. The third kappa shape index (κ3) is 3.46. The topological polar surface area (TPSA) is 23.6 Å². The molecule has 1 saturated heterocycles. The number of anilines is 1. The maximum absolute atomic E-state index is 12.2. The zero-order valence-electron chi connectivity index (χ0n) is 9.61. The van der Waals surface area contributed by atoms with Gasteiger partial charge in [0.2, 0.25) is 0 Å². The van der Waals surface area contributed by atoms with E-state index in [4.69, 9.17) is 0 Å². The van der Waals surface area contributed by atoms with Crippen molar-refractivity contribution in [3.8, 4) is 0 Å². The van der Waals surface area contributed by atoms with Crippen LogP contribution in [0.5, 0.6) is 0 Å². The molecule has 0 atom stereocenters. The van der Waals surface area contributed by atoms with Gasteiger partial charge in [-0.3, -0.25) is 9.69 Å². The molecule has 0 spiro atoms. The van der Waals surface area contributed by atoms with Crippen molar-refractivity contribution in [1.29, 1.82) is 0 Å². The molecule has 0 bridgehead atoms. The molecule has 0 unspecified atom stereocenters. The summed E-state index contributed by atoms with van der Waals surface area (Å²) in [6, 6.07) is 1.77. The number of alkyl halides is 3. The van der Waals surface area contributed by atoms with Crippen molar-refractivity contribution in [2.75, 3.05) is 37.6 Å². The lowest BCUT2D eigenvalue weighted by Gasteiger charge is -2.35. The van der Waals surface area contributed by atoms with E-state index >= 15 is 0 Å². The number of hydrogen-bond acceptors (Lipinski definition) is 4. The summed E-state index contributed by atoms with van der Waals surface area (Å²) in [6.45, 7) is 1.07. The van der Waals surface area contributed by atoms with Gasteiger partial charge in [-0.05, 0) is 6.07 Å². The van der Waals surface area contributed by atoms with Crippen LogP contribution >= 0.6 is 11.3 Å². The molecule has 3 nitrogen and oxygen atoms in total. The van der Waals surface area contributed by atoms with Gasteiger partial charge in [0.15, 0.2) is 6.29 Å². The van der Waals surface area contributed by atoms with E-state index in [-0.39, 0.29) is 0 Å². The highest BCUT2D eigenvalue weighted by atomic mass is 32.1. The van der Waals surface area contributed by atoms with E-state index < -0.39 is 12.7 Å². The van der Waals surface area contributed by atoms with Crippen LogP contribution in [0.1, 0.15) is 9.67 Å². The van der Waals surface area contributed by atoms with E-state index in [2.05, 4.69) is 0 Å². The molecular weight excluding hydrogens is 265 g/mol. The maximum Gasteiger partial charge on any atom is 0.401 e. The molecule has 18 heavy (non-hydrogen) atoms. The second-order valence-electron chi connectivity index (χ2n) is 4.20. The summed E-state index contributed by atoms with van der Waals surface area (Å²) in [5, 5.41) is 1.86. The monoisotopic (exact) mass is 278 g/mol. The molecule has 0 N–H and O–H groups in total. The Labute approximate surface area is 107 Å². The van der Waals surface area contributed by atoms with Crippen molar-refractivity contribution in [3.63, 3.8) is 0 Å². The summed E-state index contributed by atoms with van der Waals surface area (Å²) in [5.41, 5.74) is 0.925. The number of aldehydes is 1. The maximum atomic E-state index is 12.2. The van der Waals surface area contributed by atoms with Crippen molar-refractivity contribution >= 4 is 23.3 Å². The molecule has 0 saturated carbocycles. The van der Waals surface area contributed by atoms with E-state index in [9.17, 15) is 18.0 Å². The Morgan fingerprint density at radius 3 is 2.44 bits per heavy atom. The molecule has 7 heteroatoms. The van der Waals surface area contributed by atoms with Crippen molar-refractivity contribution in [1.82, 2.24) is 4.90 Å². The summed E-state index contributed by atoms with van der Waals surface area (Å²) in [7, 11) is 0. The van der Waals surface area contributed by atoms with Crippen LogP contribution in [0.4, 0.5) is 18.9 Å². The smallest absolute Gasteiger partial charge is 0.368 e. The van der Waals surface area contributed by atoms with Gasteiger partial charge in [-0.15, -0.1) is 11.3 Å². The number of carbonyl (C=O) groups is 1. The van der Waals surface area contributed by atoms with Gasteiger partial charge < -0.3 is 4.90 Å². The molecule has 0 radical (unpaired) electrons. The molecule has 1 fully saturated rings. The van der Waals surface area contributed by atoms with Gasteiger partial charge in [-0.2, -0.15) is 13.2 Å². The molecule has 100 valence electrons. The fourth-order valence-corrected chi connectivity index (χ4v) is 2.71. The number of nitrogens with zero attached hydrogens (tertiary/aromatic N) is 2. The first-order chi connectivity index (χ1) is 8.48. The highest BCUT2D eigenvalue weighted by Crippen LogP contribution is 2.24. The fraction of sp³-hybridized carbons (Fsp3) is 0.545. The number of thiophene rings is 1. The van der Waals surface area contributed by atoms with Gasteiger partial charge in [0.1, 0.15) is 0 Å². The van der Waals surface area contributed by atoms with Gasteiger partial charge in [-0.1, -0.05) is 0 Å².